The zero-order valence-corrected chi connectivity index (χ0v) is 15.2. The van der Waals surface area contributed by atoms with Gasteiger partial charge in [0.05, 0.1) is 12.8 Å². The monoisotopic (exact) mass is 366 g/mol. The standard InChI is InChI=1S/C20H22N4O3/c1-27-18-9-8-17(22-23-18)14-2-4-15(5-3-14)20(26)21-11-13-10-19(25)24(12-13)16-6-7-16/h2-5,8-9,13,16H,6-7,10-12H2,1H3,(H,21,26). The third-order valence-corrected chi connectivity index (χ3v) is 5.07. The highest BCUT2D eigenvalue weighted by Gasteiger charge is 2.39. The Balaban J connectivity index is 1.33. The van der Waals surface area contributed by atoms with Crippen molar-refractivity contribution in [3.8, 4) is 17.1 Å². The van der Waals surface area contributed by atoms with Crippen LogP contribution < -0.4 is 10.1 Å². The number of hydrogen-bond donors (Lipinski definition) is 1. The Bertz CT molecular complexity index is 831. The molecule has 7 nitrogen and oxygen atoms in total. The summed E-state index contributed by atoms with van der Waals surface area (Å²) in [4.78, 5) is 26.3. The van der Waals surface area contributed by atoms with Gasteiger partial charge in [0.15, 0.2) is 0 Å². The number of nitrogens with one attached hydrogen (secondary N) is 1. The van der Waals surface area contributed by atoms with E-state index in [1.54, 1.807) is 25.3 Å². The van der Waals surface area contributed by atoms with Crippen molar-refractivity contribution in [2.24, 2.45) is 5.92 Å². The summed E-state index contributed by atoms with van der Waals surface area (Å²) in [5, 5.41) is 11.0. The van der Waals surface area contributed by atoms with Crippen LogP contribution in [0.25, 0.3) is 11.3 Å². The van der Waals surface area contributed by atoms with Crippen LogP contribution >= 0.6 is 0 Å². The summed E-state index contributed by atoms with van der Waals surface area (Å²) in [6.45, 7) is 1.29. The average molecular weight is 366 g/mol. The number of amides is 2. The Kier molecular flexibility index (Phi) is 4.75. The maximum Gasteiger partial charge on any atom is 0.251 e. The van der Waals surface area contributed by atoms with E-state index in [4.69, 9.17) is 4.74 Å². The third kappa shape index (κ3) is 3.92. The molecule has 4 rings (SSSR count). The van der Waals surface area contributed by atoms with E-state index in [1.165, 1.54) is 0 Å². The molecule has 0 spiro atoms. The number of carbonyl (C=O) groups is 2. The van der Waals surface area contributed by atoms with Crippen LogP contribution in [0.3, 0.4) is 0 Å². The van der Waals surface area contributed by atoms with E-state index in [0.717, 1.165) is 24.9 Å². The first kappa shape index (κ1) is 17.5. The first-order valence-corrected chi connectivity index (χ1v) is 9.20. The summed E-state index contributed by atoms with van der Waals surface area (Å²) in [5.74, 6) is 0.762. The maximum atomic E-state index is 12.4. The summed E-state index contributed by atoms with van der Waals surface area (Å²) in [6.07, 6.45) is 2.78. The van der Waals surface area contributed by atoms with Gasteiger partial charge in [-0.2, -0.15) is 0 Å². The summed E-state index contributed by atoms with van der Waals surface area (Å²) < 4.78 is 5.00. The summed E-state index contributed by atoms with van der Waals surface area (Å²) in [7, 11) is 1.54. The van der Waals surface area contributed by atoms with Gasteiger partial charge < -0.3 is 15.0 Å². The number of carbonyl (C=O) groups excluding carboxylic acids is 2. The number of ether oxygens (including phenoxy) is 1. The normalized spacial score (nSPS) is 19.2. The van der Waals surface area contributed by atoms with Gasteiger partial charge in [-0.15, -0.1) is 10.2 Å². The van der Waals surface area contributed by atoms with Gasteiger partial charge in [0.2, 0.25) is 11.8 Å². The number of likely N-dealkylation sites (tertiary alicyclic amines) is 1. The molecule has 1 saturated carbocycles. The molecular formula is C20H22N4O3. The molecule has 1 aromatic heterocycles. The van der Waals surface area contributed by atoms with Crippen molar-refractivity contribution >= 4 is 11.8 Å². The lowest BCUT2D eigenvalue weighted by molar-refractivity contribution is -0.128. The van der Waals surface area contributed by atoms with Crippen LogP contribution in [-0.2, 0) is 4.79 Å². The first-order chi connectivity index (χ1) is 13.1. The molecule has 0 radical (unpaired) electrons. The van der Waals surface area contributed by atoms with Crippen LogP contribution in [0, 0.1) is 5.92 Å². The number of nitrogens with zero attached hydrogens (tertiary/aromatic N) is 3. The topological polar surface area (TPSA) is 84.4 Å². The fraction of sp³-hybridized carbons (Fsp3) is 0.400. The smallest absolute Gasteiger partial charge is 0.251 e. The zero-order chi connectivity index (χ0) is 18.8. The average Bonchev–Trinajstić information content (AvgIpc) is 3.48. The van der Waals surface area contributed by atoms with Gasteiger partial charge in [-0.1, -0.05) is 12.1 Å². The quantitative estimate of drug-likeness (QED) is 0.844. The molecule has 2 fully saturated rings. The lowest BCUT2D eigenvalue weighted by Gasteiger charge is -2.15. The van der Waals surface area contributed by atoms with Gasteiger partial charge in [-0.05, 0) is 31.0 Å². The molecule has 2 aliphatic rings. The van der Waals surface area contributed by atoms with Crippen LogP contribution in [0.2, 0.25) is 0 Å². The molecule has 2 amide bonds. The Morgan fingerprint density at radius 2 is 1.96 bits per heavy atom. The summed E-state index contributed by atoms with van der Waals surface area (Å²) >= 11 is 0. The van der Waals surface area contributed by atoms with Crippen molar-refractivity contribution in [2.45, 2.75) is 25.3 Å². The van der Waals surface area contributed by atoms with Gasteiger partial charge in [0, 0.05) is 48.7 Å². The van der Waals surface area contributed by atoms with Crippen molar-refractivity contribution < 1.29 is 14.3 Å². The minimum absolute atomic E-state index is 0.125. The number of rotatable bonds is 6. The van der Waals surface area contributed by atoms with E-state index in [2.05, 4.69) is 15.5 Å². The molecule has 1 aliphatic heterocycles. The van der Waals surface area contributed by atoms with E-state index in [-0.39, 0.29) is 17.7 Å². The second-order valence-electron chi connectivity index (χ2n) is 7.10. The van der Waals surface area contributed by atoms with E-state index < -0.39 is 0 Å². The van der Waals surface area contributed by atoms with Crippen molar-refractivity contribution in [3.63, 3.8) is 0 Å². The molecular weight excluding hydrogens is 344 g/mol. The number of benzene rings is 1. The highest BCUT2D eigenvalue weighted by atomic mass is 16.5. The lowest BCUT2D eigenvalue weighted by Crippen LogP contribution is -2.32. The fourth-order valence-electron chi connectivity index (χ4n) is 3.40. The van der Waals surface area contributed by atoms with Gasteiger partial charge in [0.1, 0.15) is 0 Å². The van der Waals surface area contributed by atoms with E-state index in [1.807, 2.05) is 23.1 Å². The molecule has 2 aromatic rings. The van der Waals surface area contributed by atoms with Crippen molar-refractivity contribution in [1.29, 1.82) is 0 Å². The second kappa shape index (κ2) is 7.34. The minimum Gasteiger partial charge on any atom is -0.480 e. The summed E-state index contributed by atoms with van der Waals surface area (Å²) in [6, 6.07) is 11.3. The first-order valence-electron chi connectivity index (χ1n) is 9.20. The molecule has 1 N–H and O–H groups in total. The molecule has 1 atom stereocenters. The van der Waals surface area contributed by atoms with Crippen molar-refractivity contribution in [3.05, 3.63) is 42.0 Å². The van der Waals surface area contributed by atoms with Crippen LogP contribution in [-0.4, -0.2) is 53.2 Å². The molecule has 1 aromatic carbocycles. The Hall–Kier alpha value is -2.96. The van der Waals surface area contributed by atoms with Crippen LogP contribution in [0.15, 0.2) is 36.4 Å². The molecule has 1 aliphatic carbocycles. The van der Waals surface area contributed by atoms with Gasteiger partial charge in [-0.25, -0.2) is 0 Å². The number of methoxy groups -OCH3 is 1. The highest BCUT2D eigenvalue weighted by Crippen LogP contribution is 2.32. The third-order valence-electron chi connectivity index (χ3n) is 5.07. The molecule has 2 heterocycles. The Morgan fingerprint density at radius 3 is 2.59 bits per heavy atom. The fourth-order valence-corrected chi connectivity index (χ4v) is 3.40. The zero-order valence-electron chi connectivity index (χ0n) is 15.2. The largest absolute Gasteiger partial charge is 0.480 e. The Labute approximate surface area is 157 Å². The van der Waals surface area contributed by atoms with E-state index >= 15 is 0 Å². The van der Waals surface area contributed by atoms with Gasteiger partial charge >= 0.3 is 0 Å². The lowest BCUT2D eigenvalue weighted by atomic mass is 10.1. The molecule has 27 heavy (non-hydrogen) atoms. The molecule has 1 saturated heterocycles. The van der Waals surface area contributed by atoms with Crippen LogP contribution in [0.5, 0.6) is 5.88 Å². The van der Waals surface area contributed by atoms with Crippen LogP contribution in [0.1, 0.15) is 29.6 Å². The van der Waals surface area contributed by atoms with E-state index in [9.17, 15) is 9.59 Å². The summed E-state index contributed by atoms with van der Waals surface area (Å²) in [5.41, 5.74) is 2.18. The number of hydrogen-bond acceptors (Lipinski definition) is 5. The highest BCUT2D eigenvalue weighted by molar-refractivity contribution is 5.94. The van der Waals surface area contributed by atoms with Gasteiger partial charge in [0.25, 0.3) is 5.91 Å². The molecule has 0 bridgehead atoms. The molecule has 140 valence electrons. The SMILES string of the molecule is COc1ccc(-c2ccc(C(=O)NCC3CC(=O)N(C4CC4)C3)cc2)nn1. The maximum absolute atomic E-state index is 12.4. The molecule has 1 unspecified atom stereocenters. The van der Waals surface area contributed by atoms with Gasteiger partial charge in [-0.3, -0.25) is 9.59 Å². The minimum atomic E-state index is -0.125. The predicted molar refractivity (Wildman–Crippen MR) is 99.2 cm³/mol. The van der Waals surface area contributed by atoms with Crippen molar-refractivity contribution in [1.82, 2.24) is 20.4 Å². The predicted octanol–water partition coefficient (Wildman–Crippen LogP) is 1.89. The van der Waals surface area contributed by atoms with E-state index in [0.29, 0.717) is 36.1 Å². The number of aromatic nitrogens is 2. The van der Waals surface area contributed by atoms with Crippen LogP contribution in [0.4, 0.5) is 0 Å². The Morgan fingerprint density at radius 1 is 1.19 bits per heavy atom. The van der Waals surface area contributed by atoms with Crippen molar-refractivity contribution in [2.75, 3.05) is 20.2 Å². The molecule has 7 heteroatoms. The second-order valence-corrected chi connectivity index (χ2v) is 7.10.